The van der Waals surface area contributed by atoms with Crippen molar-refractivity contribution in [3.8, 4) is 33.8 Å². The van der Waals surface area contributed by atoms with E-state index < -0.39 is 0 Å². The van der Waals surface area contributed by atoms with Gasteiger partial charge >= 0.3 is 0 Å². The van der Waals surface area contributed by atoms with Gasteiger partial charge in [-0.2, -0.15) is 0 Å². The Balaban J connectivity index is 1.13. The first-order valence-corrected chi connectivity index (χ1v) is 18.7. The Morgan fingerprint density at radius 2 is 1.04 bits per heavy atom. The molecule has 0 atom stereocenters. The van der Waals surface area contributed by atoms with Crippen LogP contribution in [-0.2, 0) is 0 Å². The first kappa shape index (κ1) is 30.1. The Kier molecular flexibility index (Phi) is 6.31. The van der Waals surface area contributed by atoms with Crippen molar-refractivity contribution in [2.24, 2.45) is 0 Å². The van der Waals surface area contributed by atoms with E-state index in [1.807, 2.05) is 6.07 Å². The number of furan rings is 1. The second kappa shape index (κ2) is 11.5. The second-order valence-electron chi connectivity index (χ2n) is 14.3. The standard InChI is InChI=1S/C51H31N3O/c1-3-13-32(14-4-1)40-30-44(52-43-20-10-7-17-36(40)43)33-23-25-35(26-24-33)54-46-28-27-39-38-19-9-12-22-49(38)55-51(39)50(46)42-29-41-37-18-8-11-21-45(37)53(47(41)31-48(42)54)34-15-5-2-6-16-34/h1-31H. The fraction of sp³-hybridized carbons (Fsp3) is 0. The van der Waals surface area contributed by atoms with Crippen LogP contribution in [-0.4, -0.2) is 14.1 Å². The van der Waals surface area contributed by atoms with Gasteiger partial charge in [-0.25, -0.2) is 4.98 Å². The minimum absolute atomic E-state index is 0.898. The van der Waals surface area contributed by atoms with Gasteiger partial charge < -0.3 is 13.6 Å². The van der Waals surface area contributed by atoms with Crippen molar-refractivity contribution in [3.05, 3.63) is 188 Å². The molecule has 0 saturated heterocycles. The minimum Gasteiger partial charge on any atom is -0.455 e. The Labute approximate surface area is 315 Å². The average molecular weight is 702 g/mol. The van der Waals surface area contributed by atoms with Crippen LogP contribution in [0.3, 0.4) is 0 Å². The van der Waals surface area contributed by atoms with E-state index in [9.17, 15) is 0 Å². The van der Waals surface area contributed by atoms with E-state index in [2.05, 4.69) is 191 Å². The Bertz CT molecular complexity index is 3460. The van der Waals surface area contributed by atoms with Crippen molar-refractivity contribution >= 4 is 76.5 Å². The van der Waals surface area contributed by atoms with Gasteiger partial charge in [0.2, 0.25) is 0 Å². The molecule has 4 aromatic heterocycles. The first-order valence-electron chi connectivity index (χ1n) is 18.7. The lowest BCUT2D eigenvalue weighted by atomic mass is 9.98. The van der Waals surface area contributed by atoms with Gasteiger partial charge in [0.05, 0.1) is 38.7 Å². The summed E-state index contributed by atoms with van der Waals surface area (Å²) in [5, 5.41) is 8.13. The third-order valence-electron chi connectivity index (χ3n) is 11.3. The lowest BCUT2D eigenvalue weighted by Crippen LogP contribution is -1.96. The zero-order valence-corrected chi connectivity index (χ0v) is 29.6. The predicted octanol–water partition coefficient (Wildman–Crippen LogP) is 13.7. The first-order chi connectivity index (χ1) is 27.3. The molecule has 0 aliphatic carbocycles. The van der Waals surface area contributed by atoms with Crippen LogP contribution in [0.2, 0.25) is 0 Å². The highest BCUT2D eigenvalue weighted by molar-refractivity contribution is 6.26. The largest absolute Gasteiger partial charge is 0.455 e. The number of benzene rings is 8. The van der Waals surface area contributed by atoms with E-state index in [1.54, 1.807) is 0 Å². The van der Waals surface area contributed by atoms with Gasteiger partial charge in [0, 0.05) is 49.3 Å². The summed E-state index contributed by atoms with van der Waals surface area (Å²) in [4.78, 5) is 5.15. The number of hydrogen-bond donors (Lipinski definition) is 0. The number of fused-ring (bicyclic) bond motifs is 11. The van der Waals surface area contributed by atoms with Gasteiger partial charge in [-0.1, -0.05) is 115 Å². The second-order valence-corrected chi connectivity index (χ2v) is 14.3. The maximum absolute atomic E-state index is 6.73. The Morgan fingerprint density at radius 3 is 1.87 bits per heavy atom. The third-order valence-corrected chi connectivity index (χ3v) is 11.3. The summed E-state index contributed by atoms with van der Waals surface area (Å²) in [5.41, 5.74) is 14.0. The van der Waals surface area contributed by atoms with Crippen LogP contribution in [0.4, 0.5) is 0 Å². The number of aromatic nitrogens is 3. The molecule has 55 heavy (non-hydrogen) atoms. The number of hydrogen-bond acceptors (Lipinski definition) is 2. The number of para-hydroxylation sites is 4. The minimum atomic E-state index is 0.898. The van der Waals surface area contributed by atoms with Crippen LogP contribution in [0.15, 0.2) is 192 Å². The molecule has 12 aromatic rings. The highest BCUT2D eigenvalue weighted by atomic mass is 16.3. The van der Waals surface area contributed by atoms with Crippen LogP contribution >= 0.6 is 0 Å². The molecule has 0 saturated carbocycles. The normalized spacial score (nSPS) is 12.0. The smallest absolute Gasteiger partial charge is 0.145 e. The number of pyridine rings is 1. The molecule has 0 unspecified atom stereocenters. The van der Waals surface area contributed by atoms with E-state index in [4.69, 9.17) is 9.40 Å². The fourth-order valence-electron chi connectivity index (χ4n) is 8.84. The molecule has 0 N–H and O–H groups in total. The van der Waals surface area contributed by atoms with Crippen LogP contribution in [0.5, 0.6) is 0 Å². The van der Waals surface area contributed by atoms with Gasteiger partial charge in [0.25, 0.3) is 0 Å². The molecular weight excluding hydrogens is 671 g/mol. The van der Waals surface area contributed by atoms with Gasteiger partial charge in [-0.05, 0) is 83.9 Å². The lowest BCUT2D eigenvalue weighted by Gasteiger charge is -2.12. The molecule has 0 aliphatic heterocycles. The molecule has 4 heterocycles. The van der Waals surface area contributed by atoms with E-state index in [0.717, 1.165) is 82.8 Å². The molecule has 0 spiro atoms. The molecule has 0 bridgehead atoms. The zero-order valence-electron chi connectivity index (χ0n) is 29.6. The van der Waals surface area contributed by atoms with Gasteiger partial charge in [-0.3, -0.25) is 0 Å². The maximum Gasteiger partial charge on any atom is 0.145 e. The molecule has 4 nitrogen and oxygen atoms in total. The van der Waals surface area contributed by atoms with Crippen molar-refractivity contribution in [1.29, 1.82) is 0 Å². The summed E-state index contributed by atoms with van der Waals surface area (Å²) < 4.78 is 11.5. The van der Waals surface area contributed by atoms with Gasteiger partial charge in [-0.15, -0.1) is 0 Å². The third kappa shape index (κ3) is 4.43. The van der Waals surface area contributed by atoms with Crippen molar-refractivity contribution in [2.45, 2.75) is 0 Å². The molecular formula is C51H31N3O. The Hall–Kier alpha value is -7.43. The number of rotatable bonds is 4. The van der Waals surface area contributed by atoms with E-state index in [0.29, 0.717) is 0 Å². The molecule has 0 fully saturated rings. The molecule has 12 rings (SSSR count). The molecule has 0 amide bonds. The van der Waals surface area contributed by atoms with Crippen molar-refractivity contribution < 1.29 is 4.42 Å². The summed E-state index contributed by atoms with van der Waals surface area (Å²) >= 11 is 0. The molecule has 0 aliphatic rings. The van der Waals surface area contributed by atoms with E-state index in [-0.39, 0.29) is 0 Å². The molecule has 8 aromatic carbocycles. The summed E-state index contributed by atoms with van der Waals surface area (Å²) in [6.45, 7) is 0. The lowest BCUT2D eigenvalue weighted by molar-refractivity contribution is 0.673. The predicted molar refractivity (Wildman–Crippen MR) is 229 cm³/mol. The zero-order chi connectivity index (χ0) is 36.0. The fourth-order valence-corrected chi connectivity index (χ4v) is 8.84. The average Bonchev–Trinajstić information content (AvgIpc) is 3.90. The SMILES string of the molecule is c1ccc(-c2cc(-c3ccc(-n4c5cc6c(cc5c5c7oc8ccccc8c7ccc54)c4ccccc4n6-c4ccccc4)cc3)nc3ccccc23)cc1. The van der Waals surface area contributed by atoms with E-state index >= 15 is 0 Å². The highest BCUT2D eigenvalue weighted by Crippen LogP contribution is 2.44. The Morgan fingerprint density at radius 1 is 0.382 bits per heavy atom. The van der Waals surface area contributed by atoms with Crippen LogP contribution in [0, 0.1) is 0 Å². The van der Waals surface area contributed by atoms with Gasteiger partial charge in [0.15, 0.2) is 0 Å². The summed E-state index contributed by atoms with van der Waals surface area (Å²) in [6.07, 6.45) is 0. The van der Waals surface area contributed by atoms with Crippen LogP contribution < -0.4 is 0 Å². The molecule has 4 heteroatoms. The summed E-state index contributed by atoms with van der Waals surface area (Å²) in [7, 11) is 0. The van der Waals surface area contributed by atoms with Crippen LogP contribution in [0.1, 0.15) is 0 Å². The van der Waals surface area contributed by atoms with Crippen LogP contribution in [0.25, 0.3) is 110 Å². The summed E-state index contributed by atoms with van der Waals surface area (Å²) in [5.74, 6) is 0. The van der Waals surface area contributed by atoms with Crippen molar-refractivity contribution in [3.63, 3.8) is 0 Å². The van der Waals surface area contributed by atoms with Crippen molar-refractivity contribution in [2.75, 3.05) is 0 Å². The topological polar surface area (TPSA) is 35.9 Å². The highest BCUT2D eigenvalue weighted by Gasteiger charge is 2.22. The molecule has 0 radical (unpaired) electrons. The monoisotopic (exact) mass is 701 g/mol. The van der Waals surface area contributed by atoms with Crippen molar-refractivity contribution in [1.82, 2.24) is 14.1 Å². The summed E-state index contributed by atoms with van der Waals surface area (Å²) in [6, 6.07) is 67.1. The van der Waals surface area contributed by atoms with Gasteiger partial charge in [0.1, 0.15) is 11.2 Å². The molecule has 256 valence electrons. The van der Waals surface area contributed by atoms with E-state index in [1.165, 1.54) is 27.4 Å². The maximum atomic E-state index is 6.73. The quantitative estimate of drug-likeness (QED) is 0.183. The number of nitrogens with zero attached hydrogens (tertiary/aromatic N) is 3.